The number of aromatic nitrogens is 2. The molecular formula is C15H19Cl2N3O4S. The minimum atomic E-state index is -3.11. The second-order valence-corrected chi connectivity index (χ2v) is 9.58. The molecule has 0 unspecified atom stereocenters. The van der Waals surface area contributed by atoms with Crippen molar-refractivity contribution in [3.05, 3.63) is 26.6 Å². The summed E-state index contributed by atoms with van der Waals surface area (Å²) in [6.45, 7) is -0.275. The summed E-state index contributed by atoms with van der Waals surface area (Å²) in [7, 11) is -3.11. The predicted octanol–water partition coefficient (Wildman–Crippen LogP) is 1.51. The molecule has 2 heterocycles. The second kappa shape index (κ2) is 7.25. The first-order valence-electron chi connectivity index (χ1n) is 8.21. The van der Waals surface area contributed by atoms with E-state index in [9.17, 15) is 18.0 Å². The van der Waals surface area contributed by atoms with Crippen LogP contribution in [0.25, 0.3) is 0 Å². The monoisotopic (exact) mass is 407 g/mol. The van der Waals surface area contributed by atoms with E-state index in [0.717, 1.165) is 30.4 Å². The van der Waals surface area contributed by atoms with Crippen molar-refractivity contribution >= 4 is 38.9 Å². The maximum atomic E-state index is 12.9. The van der Waals surface area contributed by atoms with Gasteiger partial charge in [-0.2, -0.15) is 5.10 Å². The third-order valence-corrected chi connectivity index (χ3v) is 7.33. The molecule has 1 aliphatic heterocycles. The van der Waals surface area contributed by atoms with Crippen LogP contribution in [-0.2, 0) is 21.2 Å². The van der Waals surface area contributed by atoms with Gasteiger partial charge in [0.2, 0.25) is 5.91 Å². The zero-order chi connectivity index (χ0) is 18.2. The summed E-state index contributed by atoms with van der Waals surface area (Å²) in [6.07, 6.45) is 5.39. The Morgan fingerprint density at radius 2 is 1.92 bits per heavy atom. The van der Waals surface area contributed by atoms with Gasteiger partial charge in [-0.15, -0.1) is 0 Å². The molecule has 1 aromatic heterocycles. The van der Waals surface area contributed by atoms with E-state index in [1.165, 1.54) is 6.20 Å². The Morgan fingerprint density at radius 1 is 1.24 bits per heavy atom. The molecule has 2 aliphatic rings. The zero-order valence-corrected chi connectivity index (χ0v) is 15.9. The highest BCUT2D eigenvalue weighted by Crippen LogP contribution is 2.29. The average molecular weight is 408 g/mol. The molecule has 10 heteroatoms. The van der Waals surface area contributed by atoms with Crippen LogP contribution < -0.4 is 5.56 Å². The minimum absolute atomic E-state index is 0.0149. The Morgan fingerprint density at radius 3 is 2.52 bits per heavy atom. The molecule has 1 saturated carbocycles. The predicted molar refractivity (Wildman–Crippen MR) is 94.7 cm³/mol. The summed E-state index contributed by atoms with van der Waals surface area (Å²) in [4.78, 5) is 26.7. The maximum Gasteiger partial charge on any atom is 0.287 e. The van der Waals surface area contributed by atoms with Crippen LogP contribution in [0.2, 0.25) is 10.0 Å². The molecule has 0 spiro atoms. The molecule has 2 fully saturated rings. The molecule has 0 radical (unpaired) electrons. The maximum absolute atomic E-state index is 12.9. The molecule has 25 heavy (non-hydrogen) atoms. The van der Waals surface area contributed by atoms with Gasteiger partial charge < -0.3 is 4.90 Å². The number of carbonyl (C=O) groups excluding carboxylic acids is 1. The molecule has 0 aromatic carbocycles. The molecule has 1 saturated heterocycles. The summed E-state index contributed by atoms with van der Waals surface area (Å²) in [5, 5.41) is 3.72. The molecule has 7 nitrogen and oxygen atoms in total. The van der Waals surface area contributed by atoms with Crippen molar-refractivity contribution in [3.8, 4) is 0 Å². The van der Waals surface area contributed by atoms with E-state index >= 15 is 0 Å². The first kappa shape index (κ1) is 18.7. The van der Waals surface area contributed by atoms with Crippen LogP contribution in [0, 0.1) is 0 Å². The van der Waals surface area contributed by atoms with Crippen LogP contribution in [0.3, 0.4) is 0 Å². The van der Waals surface area contributed by atoms with Crippen molar-refractivity contribution in [1.82, 2.24) is 14.7 Å². The molecule has 0 N–H and O–H groups in total. The van der Waals surface area contributed by atoms with Gasteiger partial charge in [-0.05, 0) is 19.3 Å². The summed E-state index contributed by atoms with van der Waals surface area (Å²) in [5.74, 6) is -0.222. The number of rotatable bonds is 4. The van der Waals surface area contributed by atoms with E-state index < -0.39 is 15.4 Å². The van der Waals surface area contributed by atoms with Crippen LogP contribution in [-0.4, -0.2) is 52.6 Å². The number of halogens is 2. The number of amides is 1. The van der Waals surface area contributed by atoms with Crippen molar-refractivity contribution in [2.75, 3.05) is 11.5 Å². The fourth-order valence-corrected chi connectivity index (χ4v) is 5.63. The molecule has 138 valence electrons. The molecule has 1 amide bonds. The normalized spacial score (nSPS) is 23.0. The molecule has 3 rings (SSSR count). The highest BCUT2D eigenvalue weighted by atomic mass is 35.5. The summed E-state index contributed by atoms with van der Waals surface area (Å²) < 4.78 is 24.7. The summed E-state index contributed by atoms with van der Waals surface area (Å²) in [5.41, 5.74) is -0.632. The largest absolute Gasteiger partial charge is 0.334 e. The Kier molecular flexibility index (Phi) is 5.41. The number of sulfone groups is 1. The van der Waals surface area contributed by atoms with Gasteiger partial charge in [0.15, 0.2) is 9.84 Å². The van der Waals surface area contributed by atoms with Crippen LogP contribution in [0.5, 0.6) is 0 Å². The van der Waals surface area contributed by atoms with Gasteiger partial charge >= 0.3 is 0 Å². The highest BCUT2D eigenvalue weighted by molar-refractivity contribution is 7.91. The van der Waals surface area contributed by atoms with Gasteiger partial charge in [-0.3, -0.25) is 9.59 Å². The lowest BCUT2D eigenvalue weighted by Gasteiger charge is -2.34. The lowest BCUT2D eigenvalue weighted by Crippen LogP contribution is -2.49. The van der Waals surface area contributed by atoms with E-state index in [4.69, 9.17) is 23.2 Å². The fraction of sp³-hybridized carbons (Fsp3) is 0.667. The molecule has 1 atom stereocenters. The van der Waals surface area contributed by atoms with E-state index in [-0.39, 0.29) is 46.1 Å². The van der Waals surface area contributed by atoms with Crippen LogP contribution in [0.15, 0.2) is 11.0 Å². The van der Waals surface area contributed by atoms with Crippen molar-refractivity contribution in [3.63, 3.8) is 0 Å². The van der Waals surface area contributed by atoms with Crippen molar-refractivity contribution in [2.24, 2.45) is 0 Å². The third-order valence-electron chi connectivity index (χ3n) is 4.84. The minimum Gasteiger partial charge on any atom is -0.334 e. The van der Waals surface area contributed by atoms with E-state index in [2.05, 4.69) is 5.10 Å². The van der Waals surface area contributed by atoms with Gasteiger partial charge in [0.1, 0.15) is 11.6 Å². The van der Waals surface area contributed by atoms with Crippen LogP contribution >= 0.6 is 23.2 Å². The van der Waals surface area contributed by atoms with Gasteiger partial charge in [0, 0.05) is 12.1 Å². The quantitative estimate of drug-likeness (QED) is 0.754. The number of nitrogens with zero attached hydrogens (tertiary/aromatic N) is 3. The topological polar surface area (TPSA) is 89.3 Å². The van der Waals surface area contributed by atoms with Gasteiger partial charge in [-0.25, -0.2) is 13.1 Å². The SMILES string of the molecule is O=C(Cn1ncc(Cl)c(Cl)c1=O)N(C1CCCC1)[C@@H]1CCS(=O)(=O)C1. The first-order chi connectivity index (χ1) is 11.8. The lowest BCUT2D eigenvalue weighted by molar-refractivity contribution is -0.136. The fourth-order valence-electron chi connectivity index (χ4n) is 3.65. The van der Waals surface area contributed by atoms with Crippen molar-refractivity contribution in [1.29, 1.82) is 0 Å². The van der Waals surface area contributed by atoms with Crippen molar-refractivity contribution < 1.29 is 13.2 Å². The Labute approximate surface area is 155 Å². The van der Waals surface area contributed by atoms with E-state index in [1.807, 2.05) is 0 Å². The lowest BCUT2D eigenvalue weighted by atomic mass is 10.1. The van der Waals surface area contributed by atoms with E-state index in [1.54, 1.807) is 4.90 Å². The standard InChI is InChI=1S/C15H19Cl2N3O4S/c16-12-7-18-19(15(22)14(12)17)8-13(21)20(10-3-1-2-4-10)11-5-6-25(23,24)9-11/h7,10-11H,1-6,8-9H2/t11-/m1/s1. The Bertz CT molecular complexity index is 834. The van der Waals surface area contributed by atoms with Crippen LogP contribution in [0.1, 0.15) is 32.1 Å². The number of hydrogen-bond donors (Lipinski definition) is 0. The van der Waals surface area contributed by atoms with Gasteiger partial charge in [-0.1, -0.05) is 36.0 Å². The average Bonchev–Trinajstić information content (AvgIpc) is 3.18. The second-order valence-electron chi connectivity index (χ2n) is 6.57. The van der Waals surface area contributed by atoms with Gasteiger partial charge in [0.05, 0.1) is 22.7 Å². The molecular weight excluding hydrogens is 389 g/mol. The van der Waals surface area contributed by atoms with Crippen molar-refractivity contribution in [2.45, 2.75) is 50.7 Å². The Balaban J connectivity index is 1.85. The number of hydrogen-bond acceptors (Lipinski definition) is 5. The van der Waals surface area contributed by atoms with Gasteiger partial charge in [0.25, 0.3) is 5.56 Å². The Hall–Kier alpha value is -1.12. The molecule has 1 aliphatic carbocycles. The first-order valence-corrected chi connectivity index (χ1v) is 10.8. The molecule has 1 aromatic rings. The van der Waals surface area contributed by atoms with E-state index in [0.29, 0.717) is 6.42 Å². The highest BCUT2D eigenvalue weighted by Gasteiger charge is 2.39. The third kappa shape index (κ3) is 4.01. The molecule has 0 bridgehead atoms. The number of carbonyl (C=O) groups is 1. The zero-order valence-electron chi connectivity index (χ0n) is 13.5. The van der Waals surface area contributed by atoms with Crippen LogP contribution in [0.4, 0.5) is 0 Å². The summed E-state index contributed by atoms with van der Waals surface area (Å²) in [6, 6.07) is -0.316. The smallest absolute Gasteiger partial charge is 0.287 e. The summed E-state index contributed by atoms with van der Waals surface area (Å²) >= 11 is 11.6.